The highest BCUT2D eigenvalue weighted by Gasteiger charge is 2.53. The number of carbonyl (C=O) groups is 2. The number of hydrogen-bond acceptors (Lipinski definition) is 7. The van der Waals surface area contributed by atoms with E-state index in [0.717, 1.165) is 71.9 Å². The Kier molecular flexibility index (Phi) is 14.3. The lowest BCUT2D eigenvalue weighted by atomic mass is 9.69. The number of carbonyl (C=O) groups excluding carboxylic acids is 1. The van der Waals surface area contributed by atoms with Crippen LogP contribution in [-0.4, -0.2) is 47.5 Å². The standard InChI is InChI=1S/C66H50ClN5O4/c1-65(38-45-14-4-2-5-15-45)61-56-20-10-8-18-54(56)55-19-9-11-21-57(55)62(61)72(33-32-60(74)75)63(65)51(42-69)36-53(67)37-52(43-70)64-66(39-46-16-6-3-7-17-46,58-22-12-13-23-59(58)71(64)34-35-76-44-73)40-47-24-28-49(29-25-47)50-30-26-48(41-68)27-31-50/h2-31,36-37,44H,32-35,38-40H2,1H3/p+1. The maximum absolute atomic E-state index is 12.5. The fourth-order valence-corrected chi connectivity index (χ4v) is 12.1. The van der Waals surface area contributed by atoms with Gasteiger partial charge in [-0.2, -0.15) is 20.4 Å². The largest absolute Gasteiger partial charge is 0.481 e. The summed E-state index contributed by atoms with van der Waals surface area (Å²) < 4.78 is 7.38. The van der Waals surface area contributed by atoms with E-state index in [4.69, 9.17) is 16.3 Å². The molecule has 370 valence electrons. The van der Waals surface area contributed by atoms with E-state index in [1.54, 1.807) is 24.3 Å². The van der Waals surface area contributed by atoms with Gasteiger partial charge in [0.1, 0.15) is 30.7 Å². The highest BCUT2D eigenvalue weighted by Crippen LogP contribution is 2.54. The van der Waals surface area contributed by atoms with E-state index in [-0.39, 0.29) is 42.3 Å². The van der Waals surface area contributed by atoms with Crippen molar-refractivity contribution in [1.82, 2.24) is 0 Å². The lowest BCUT2D eigenvalue weighted by Crippen LogP contribution is -2.37. The molecule has 1 N–H and O–H groups in total. The van der Waals surface area contributed by atoms with Gasteiger partial charge in [0.25, 0.3) is 6.47 Å². The van der Waals surface area contributed by atoms with E-state index in [1.807, 2.05) is 95.6 Å². The summed E-state index contributed by atoms with van der Waals surface area (Å²) in [6, 6.07) is 67.7. The van der Waals surface area contributed by atoms with Crippen molar-refractivity contribution in [2.75, 3.05) is 24.6 Å². The van der Waals surface area contributed by atoms with Crippen LogP contribution in [0.3, 0.4) is 0 Å². The zero-order valence-corrected chi connectivity index (χ0v) is 42.5. The van der Waals surface area contributed by atoms with Crippen molar-refractivity contribution < 1.29 is 24.0 Å². The molecule has 0 aromatic heterocycles. The van der Waals surface area contributed by atoms with E-state index >= 15 is 0 Å². The molecule has 0 aliphatic carbocycles. The van der Waals surface area contributed by atoms with Crippen LogP contribution in [0.1, 0.15) is 46.7 Å². The molecule has 0 fully saturated rings. The number of aliphatic carboxylic acids is 1. The minimum atomic E-state index is -0.977. The topological polar surface area (TPSA) is 141 Å². The minimum Gasteiger partial charge on any atom is -0.481 e. The molecule has 8 aromatic rings. The average Bonchev–Trinajstić information content (AvgIpc) is 3.95. The van der Waals surface area contributed by atoms with Gasteiger partial charge >= 0.3 is 5.97 Å². The molecule has 8 aromatic carbocycles. The number of fused-ring (bicyclic) bond motifs is 7. The molecule has 10 heteroatoms. The first-order chi connectivity index (χ1) is 37.1. The number of carboxylic acid groups (broad SMARTS) is 1. The molecule has 2 unspecified atom stereocenters. The summed E-state index contributed by atoms with van der Waals surface area (Å²) in [7, 11) is 0. The van der Waals surface area contributed by atoms with Crippen molar-refractivity contribution in [2.45, 2.75) is 43.4 Å². The molecule has 2 atom stereocenters. The molecule has 0 saturated carbocycles. The molecule has 0 bridgehead atoms. The molecule has 0 radical (unpaired) electrons. The summed E-state index contributed by atoms with van der Waals surface area (Å²) in [6.45, 7) is 2.88. The van der Waals surface area contributed by atoms with Crippen LogP contribution in [0.15, 0.2) is 216 Å². The van der Waals surface area contributed by atoms with Crippen LogP contribution < -0.4 is 4.90 Å². The van der Waals surface area contributed by atoms with Gasteiger partial charge in [0.15, 0.2) is 6.54 Å². The second kappa shape index (κ2) is 21.6. The molecule has 2 aliphatic heterocycles. The number of anilines is 1. The number of ether oxygens (including phenoxy) is 1. The van der Waals surface area contributed by atoms with Crippen molar-refractivity contribution in [3.63, 3.8) is 0 Å². The maximum Gasteiger partial charge on any atom is 0.309 e. The van der Waals surface area contributed by atoms with Gasteiger partial charge in [0.05, 0.1) is 34.6 Å². The van der Waals surface area contributed by atoms with Crippen molar-refractivity contribution in [3.8, 4) is 29.3 Å². The van der Waals surface area contributed by atoms with Crippen LogP contribution in [0, 0.1) is 34.0 Å². The van der Waals surface area contributed by atoms with E-state index in [9.17, 15) is 30.5 Å². The Morgan fingerprint density at radius 2 is 1.22 bits per heavy atom. The number of para-hydroxylation sites is 1. The Morgan fingerprint density at radius 3 is 1.83 bits per heavy atom. The maximum atomic E-state index is 12.5. The van der Waals surface area contributed by atoms with Crippen LogP contribution in [0.4, 0.5) is 11.4 Å². The number of nitriles is 3. The van der Waals surface area contributed by atoms with Crippen molar-refractivity contribution in [1.29, 1.82) is 15.8 Å². The molecule has 10 rings (SSSR count). The number of rotatable bonds is 17. The highest BCUT2D eigenvalue weighted by molar-refractivity contribution is 6.32. The summed E-state index contributed by atoms with van der Waals surface area (Å²) >= 11 is 7.52. The zero-order valence-electron chi connectivity index (χ0n) is 41.8. The fraction of sp³-hybridized carbons (Fsp3) is 0.152. The number of nitrogens with zero attached hydrogens (tertiary/aromatic N) is 5. The van der Waals surface area contributed by atoms with Gasteiger partial charge in [-0.3, -0.25) is 9.59 Å². The van der Waals surface area contributed by atoms with Gasteiger partial charge in [-0.05, 0) is 112 Å². The lowest BCUT2D eigenvalue weighted by molar-refractivity contribution is -0.435. The van der Waals surface area contributed by atoms with E-state index in [1.165, 1.54) is 0 Å². The number of allylic oxidation sites excluding steroid dienone is 6. The highest BCUT2D eigenvalue weighted by atomic mass is 35.5. The number of hydrogen-bond donors (Lipinski definition) is 1. The predicted octanol–water partition coefficient (Wildman–Crippen LogP) is 13.4. The molecule has 2 heterocycles. The van der Waals surface area contributed by atoms with Gasteiger partial charge in [0, 0.05) is 27.4 Å². The number of benzene rings is 8. The van der Waals surface area contributed by atoms with Crippen LogP contribution in [0.25, 0.3) is 32.7 Å². The van der Waals surface area contributed by atoms with Crippen LogP contribution in [0.2, 0.25) is 0 Å². The summed E-state index contributed by atoms with van der Waals surface area (Å²) in [4.78, 5) is 26.3. The Hall–Kier alpha value is -9.33. The summed E-state index contributed by atoms with van der Waals surface area (Å²) in [5.41, 5.74) is 9.22. The first-order valence-electron chi connectivity index (χ1n) is 25.2. The second-order valence-corrected chi connectivity index (χ2v) is 19.9. The van der Waals surface area contributed by atoms with E-state index in [0.29, 0.717) is 42.7 Å². The van der Waals surface area contributed by atoms with Crippen LogP contribution in [-0.2, 0) is 44.4 Å². The third kappa shape index (κ3) is 9.44. The first-order valence-corrected chi connectivity index (χ1v) is 25.5. The van der Waals surface area contributed by atoms with Gasteiger partial charge in [-0.25, -0.2) is 0 Å². The van der Waals surface area contributed by atoms with Gasteiger partial charge in [0.2, 0.25) is 11.4 Å². The monoisotopic (exact) mass is 1010 g/mol. The van der Waals surface area contributed by atoms with Crippen molar-refractivity contribution >= 4 is 62.7 Å². The zero-order chi connectivity index (χ0) is 52.8. The fourth-order valence-electron chi connectivity index (χ4n) is 11.9. The quantitative estimate of drug-likeness (QED) is 0.0237. The first kappa shape index (κ1) is 50.2. The second-order valence-electron chi connectivity index (χ2n) is 19.5. The van der Waals surface area contributed by atoms with Gasteiger partial charge in [-0.15, -0.1) is 0 Å². The number of carboxylic acids is 1. The molecule has 0 spiro atoms. The molecule has 0 saturated heterocycles. The molecular formula is C66H51ClN5O4+. The third-order valence-corrected chi connectivity index (χ3v) is 15.1. The van der Waals surface area contributed by atoms with Crippen LogP contribution >= 0.6 is 11.6 Å². The smallest absolute Gasteiger partial charge is 0.309 e. The Morgan fingerprint density at radius 1 is 0.671 bits per heavy atom. The summed E-state index contributed by atoms with van der Waals surface area (Å²) in [5, 5.41) is 46.9. The lowest BCUT2D eigenvalue weighted by Gasteiger charge is -2.35. The Labute approximate surface area is 447 Å². The van der Waals surface area contributed by atoms with Crippen molar-refractivity contribution in [3.05, 3.63) is 249 Å². The normalized spacial score (nSPS) is 17.6. The van der Waals surface area contributed by atoms with E-state index < -0.39 is 16.8 Å². The Balaban J connectivity index is 1.19. The third-order valence-electron chi connectivity index (χ3n) is 14.9. The molecule has 76 heavy (non-hydrogen) atoms. The van der Waals surface area contributed by atoms with Gasteiger partial charge in [-0.1, -0.05) is 169 Å². The molecule has 0 amide bonds. The number of halogens is 1. The molecule has 9 nitrogen and oxygen atoms in total. The van der Waals surface area contributed by atoms with Crippen molar-refractivity contribution in [2.24, 2.45) is 0 Å². The predicted molar refractivity (Wildman–Crippen MR) is 299 cm³/mol. The molecular weight excluding hydrogens is 962 g/mol. The van der Waals surface area contributed by atoms with Crippen LogP contribution in [0.5, 0.6) is 0 Å². The SMILES string of the molecule is CC1(Cc2ccccc2)C(/C(C#N)=C/C(Cl)=C/C(C#N)=C2\N(CCOC=O)c3ccccc3C2(Cc2ccccc2)Cc2ccc(-c3ccc(C#N)cc3)cc2)=[N+](CCC(=O)O)c2c1c1ccccc1c1ccccc21. The van der Waals surface area contributed by atoms with Gasteiger partial charge < -0.3 is 14.7 Å². The Bertz CT molecular complexity index is 3830. The summed E-state index contributed by atoms with van der Waals surface area (Å²) in [6.07, 6.45) is 4.45. The summed E-state index contributed by atoms with van der Waals surface area (Å²) in [5.74, 6) is -0.977. The minimum absolute atomic E-state index is 0.0328. The van der Waals surface area contributed by atoms with E-state index in [2.05, 4.69) is 109 Å². The average molecular weight is 1010 g/mol. The molecule has 2 aliphatic rings.